The van der Waals surface area contributed by atoms with Crippen LogP contribution in [0.5, 0.6) is 17.4 Å². The van der Waals surface area contributed by atoms with Crippen LogP contribution in [0.2, 0.25) is 0 Å². The third-order valence-electron chi connectivity index (χ3n) is 3.74. The van der Waals surface area contributed by atoms with Crippen LogP contribution in [0.25, 0.3) is 16.3 Å². The number of rotatable bonds is 5. The highest BCUT2D eigenvalue weighted by atomic mass is 32.1. The highest BCUT2D eigenvalue weighted by Crippen LogP contribution is 2.43. The van der Waals surface area contributed by atoms with Crippen LogP contribution in [-0.2, 0) is 11.0 Å². The fraction of sp³-hybridized carbons (Fsp3) is 0.250. The molecule has 0 unspecified atom stereocenters. The monoisotopic (exact) mass is 439 g/mol. The van der Waals surface area contributed by atoms with E-state index in [2.05, 4.69) is 15.3 Å². The van der Waals surface area contributed by atoms with Crippen LogP contribution in [0, 0.1) is 0 Å². The number of aromatic hydroxyl groups is 1. The number of fused-ring (bicyclic) bond motifs is 1. The van der Waals surface area contributed by atoms with Gasteiger partial charge in [0, 0.05) is 18.3 Å². The van der Waals surface area contributed by atoms with Crippen molar-refractivity contribution < 1.29 is 27.8 Å². The summed E-state index contributed by atoms with van der Waals surface area (Å²) < 4.78 is 43.9. The number of likely N-dealkylation sites (N-methyl/N-ethyl adjacent to an activating group) is 1. The predicted molar refractivity (Wildman–Crippen MR) is 110 cm³/mol. The molecule has 0 fully saturated rings. The molecule has 3 aromatic rings. The fourth-order valence-electron chi connectivity index (χ4n) is 2.18. The molecular weight excluding hydrogens is 419 g/mol. The van der Waals surface area contributed by atoms with E-state index in [0.29, 0.717) is 11.3 Å². The summed E-state index contributed by atoms with van der Waals surface area (Å²) >= 11 is 0.368. The summed E-state index contributed by atoms with van der Waals surface area (Å²) in [5, 5.41) is 12.3. The summed E-state index contributed by atoms with van der Waals surface area (Å²) in [7, 11) is 1.86. The first-order valence-electron chi connectivity index (χ1n) is 8.78. The average molecular weight is 439 g/mol. The van der Waals surface area contributed by atoms with Gasteiger partial charge in [0.15, 0.2) is 16.5 Å². The van der Waals surface area contributed by atoms with Crippen molar-refractivity contribution in [2.24, 2.45) is 0 Å². The summed E-state index contributed by atoms with van der Waals surface area (Å²) in [6, 6.07) is 6.34. The van der Waals surface area contributed by atoms with Crippen LogP contribution in [0.3, 0.4) is 0 Å². The number of alkyl halides is 3. The molecule has 1 atom stereocenters. The predicted octanol–water partition coefficient (Wildman–Crippen LogP) is 5.03. The zero-order chi connectivity index (χ0) is 22.3. The van der Waals surface area contributed by atoms with Crippen molar-refractivity contribution in [2.45, 2.75) is 26.1 Å². The van der Waals surface area contributed by atoms with Gasteiger partial charge in [-0.3, -0.25) is 0 Å². The Morgan fingerprint density at radius 2 is 1.97 bits per heavy atom. The quantitative estimate of drug-likeness (QED) is 0.542. The molecule has 10 heteroatoms. The smallest absolute Gasteiger partial charge is 0.443 e. The van der Waals surface area contributed by atoms with Crippen molar-refractivity contribution >= 4 is 33.9 Å². The van der Waals surface area contributed by atoms with E-state index in [1.54, 1.807) is 18.3 Å². The Labute approximate surface area is 175 Å². The number of pyridine rings is 1. The van der Waals surface area contributed by atoms with E-state index in [-0.39, 0.29) is 27.9 Å². The van der Waals surface area contributed by atoms with Crippen molar-refractivity contribution in [3.8, 4) is 17.4 Å². The molecule has 3 rings (SSSR count). The van der Waals surface area contributed by atoms with Crippen molar-refractivity contribution in [2.75, 3.05) is 7.05 Å². The van der Waals surface area contributed by atoms with Crippen molar-refractivity contribution in [3.63, 3.8) is 0 Å². The van der Waals surface area contributed by atoms with Gasteiger partial charge in [0.2, 0.25) is 5.88 Å². The molecule has 2 heterocycles. The molecule has 0 saturated heterocycles. The molecule has 0 amide bonds. The lowest BCUT2D eigenvalue weighted by molar-refractivity contribution is -0.137. The maximum Gasteiger partial charge on any atom is 0.443 e. The van der Waals surface area contributed by atoms with Gasteiger partial charge in [-0.2, -0.15) is 13.2 Å². The van der Waals surface area contributed by atoms with Gasteiger partial charge in [-0.05, 0) is 44.7 Å². The molecule has 2 aromatic heterocycles. The Kier molecular flexibility index (Phi) is 7.90. The minimum absolute atomic E-state index is 0.0134. The fourth-order valence-corrected chi connectivity index (χ4v) is 3.05. The highest BCUT2D eigenvalue weighted by Gasteiger charge is 2.35. The van der Waals surface area contributed by atoms with E-state index in [1.165, 1.54) is 19.1 Å². The molecule has 0 bridgehead atoms. The Morgan fingerprint density at radius 1 is 1.27 bits per heavy atom. The molecule has 0 spiro atoms. The standard InChI is InChI=1S/C18H16F3N3O2S.C2H4O/c1-10(22-2)3-4-11-5-8-14(23-9-11)26-13-7-6-12-16(15(13)25)27-17(24-12)18(19,20)21;1-2-3/h3-10,22,25H,1-2H3;2H,1H3/b4-3+;/t10-;/m0./s1. The zero-order valence-electron chi connectivity index (χ0n) is 16.4. The SMILES string of the molecule is CC=O.CN[C@@H](C)/C=C/c1ccc(Oc2ccc3nc(C(F)(F)F)sc3c2O)nc1. The largest absolute Gasteiger partial charge is 0.503 e. The van der Waals surface area contributed by atoms with E-state index in [4.69, 9.17) is 9.53 Å². The molecule has 6 nitrogen and oxygen atoms in total. The number of thiazole rings is 1. The third kappa shape index (κ3) is 6.01. The lowest BCUT2D eigenvalue weighted by Gasteiger charge is -2.07. The second-order valence-corrected chi connectivity index (χ2v) is 6.98. The van der Waals surface area contributed by atoms with Crippen LogP contribution in [0.15, 0.2) is 36.5 Å². The first-order valence-corrected chi connectivity index (χ1v) is 9.60. The number of carbonyl (C=O) groups is 1. The van der Waals surface area contributed by atoms with Crippen molar-refractivity contribution in [3.05, 3.63) is 47.1 Å². The third-order valence-corrected chi connectivity index (χ3v) is 4.87. The number of aldehydes is 1. The molecule has 1 aromatic carbocycles. The van der Waals surface area contributed by atoms with E-state index in [9.17, 15) is 18.3 Å². The molecule has 0 radical (unpaired) electrons. The normalized spacial score (nSPS) is 12.5. The molecule has 30 heavy (non-hydrogen) atoms. The van der Waals surface area contributed by atoms with Gasteiger partial charge in [-0.1, -0.05) is 12.2 Å². The van der Waals surface area contributed by atoms with Gasteiger partial charge in [-0.15, -0.1) is 11.3 Å². The molecule has 0 aliphatic heterocycles. The van der Waals surface area contributed by atoms with Crippen LogP contribution in [-0.4, -0.2) is 34.5 Å². The lowest BCUT2D eigenvalue weighted by atomic mass is 10.2. The second kappa shape index (κ2) is 10.2. The average Bonchev–Trinajstić information content (AvgIpc) is 3.16. The van der Waals surface area contributed by atoms with Gasteiger partial charge < -0.3 is 20.0 Å². The number of hydrogen-bond acceptors (Lipinski definition) is 7. The van der Waals surface area contributed by atoms with Gasteiger partial charge in [0.05, 0.1) is 5.52 Å². The van der Waals surface area contributed by atoms with Gasteiger partial charge >= 0.3 is 6.18 Å². The van der Waals surface area contributed by atoms with Gasteiger partial charge in [0.1, 0.15) is 11.0 Å². The van der Waals surface area contributed by atoms with Crippen LogP contribution < -0.4 is 10.1 Å². The van der Waals surface area contributed by atoms with E-state index in [1.807, 2.05) is 26.1 Å². The molecule has 2 N–H and O–H groups in total. The number of benzene rings is 1. The number of phenolic OH excluding ortho intramolecular Hbond substituents is 1. The number of nitrogens with zero attached hydrogens (tertiary/aromatic N) is 2. The lowest BCUT2D eigenvalue weighted by Crippen LogP contribution is -2.17. The Bertz CT molecular complexity index is 1020. The van der Waals surface area contributed by atoms with Crippen molar-refractivity contribution in [1.82, 2.24) is 15.3 Å². The molecule has 0 saturated carbocycles. The van der Waals surface area contributed by atoms with E-state index >= 15 is 0 Å². The molecule has 160 valence electrons. The minimum Gasteiger partial charge on any atom is -0.503 e. The Morgan fingerprint density at radius 3 is 2.53 bits per heavy atom. The number of nitrogens with one attached hydrogen (secondary N) is 1. The first kappa shape index (κ1) is 23.3. The summed E-state index contributed by atoms with van der Waals surface area (Å²) in [5.41, 5.74) is 0.922. The number of aromatic nitrogens is 2. The minimum atomic E-state index is -4.56. The number of carbonyl (C=O) groups excluding carboxylic acids is 1. The Balaban J connectivity index is 0.00000101. The Hall–Kier alpha value is -2.98. The van der Waals surface area contributed by atoms with E-state index < -0.39 is 16.9 Å². The van der Waals surface area contributed by atoms with E-state index in [0.717, 1.165) is 11.8 Å². The molecule has 0 aliphatic rings. The maximum atomic E-state index is 12.8. The van der Waals surface area contributed by atoms with Crippen LogP contribution in [0.1, 0.15) is 24.4 Å². The molecule has 0 aliphatic carbocycles. The van der Waals surface area contributed by atoms with Crippen molar-refractivity contribution in [1.29, 1.82) is 0 Å². The second-order valence-electron chi connectivity index (χ2n) is 5.98. The molecular formula is C20H20F3N3O3S. The number of hydrogen-bond donors (Lipinski definition) is 2. The summed E-state index contributed by atoms with van der Waals surface area (Å²) in [6.07, 6.45) is 1.65. The summed E-state index contributed by atoms with van der Waals surface area (Å²) in [4.78, 5) is 16.4. The summed E-state index contributed by atoms with van der Waals surface area (Å²) in [6.45, 7) is 3.45. The zero-order valence-corrected chi connectivity index (χ0v) is 17.2. The maximum absolute atomic E-state index is 12.8. The van der Waals surface area contributed by atoms with Crippen LogP contribution >= 0.6 is 11.3 Å². The number of phenols is 1. The number of halogens is 3. The highest BCUT2D eigenvalue weighted by molar-refractivity contribution is 7.19. The van der Waals surface area contributed by atoms with Crippen LogP contribution in [0.4, 0.5) is 13.2 Å². The number of ether oxygens (including phenoxy) is 1. The van der Waals surface area contributed by atoms with Gasteiger partial charge in [0.25, 0.3) is 0 Å². The first-order chi connectivity index (χ1) is 14.2. The topological polar surface area (TPSA) is 84.3 Å². The summed E-state index contributed by atoms with van der Waals surface area (Å²) in [5.74, 6) is -0.169. The van der Waals surface area contributed by atoms with Gasteiger partial charge in [-0.25, -0.2) is 9.97 Å².